The molecule has 0 unspecified atom stereocenters. The largest absolute Gasteiger partial charge is 0.444 e. The maximum absolute atomic E-state index is 12.9. The van der Waals surface area contributed by atoms with Gasteiger partial charge < -0.3 is 21.1 Å². The summed E-state index contributed by atoms with van der Waals surface area (Å²) >= 11 is 0. The molecule has 25 heavy (non-hydrogen) atoms. The lowest BCUT2D eigenvalue weighted by Gasteiger charge is -2.30. The smallest absolute Gasteiger partial charge is 0.408 e. The van der Waals surface area contributed by atoms with Crippen molar-refractivity contribution in [3.63, 3.8) is 0 Å². The average Bonchev–Trinajstić information content (AvgIpc) is 2.88. The monoisotopic (exact) mass is 347 g/mol. The molecule has 0 spiro atoms. The predicted molar refractivity (Wildman–Crippen MR) is 97.2 cm³/mol. The van der Waals surface area contributed by atoms with Gasteiger partial charge in [0, 0.05) is 19.4 Å². The fraction of sp³-hybridized carbons (Fsp3) is 0.579. The van der Waals surface area contributed by atoms with Gasteiger partial charge in [0.1, 0.15) is 11.1 Å². The Morgan fingerprint density at radius 3 is 2.28 bits per heavy atom. The van der Waals surface area contributed by atoms with E-state index in [9.17, 15) is 9.59 Å². The van der Waals surface area contributed by atoms with E-state index in [-0.39, 0.29) is 5.91 Å². The zero-order valence-electron chi connectivity index (χ0n) is 15.4. The van der Waals surface area contributed by atoms with Crippen LogP contribution in [0.4, 0.5) is 4.79 Å². The summed E-state index contributed by atoms with van der Waals surface area (Å²) in [6.07, 6.45) is 2.03. The molecule has 1 aromatic carbocycles. The minimum atomic E-state index is -1.01. The van der Waals surface area contributed by atoms with E-state index in [1.165, 1.54) is 0 Å². The molecule has 1 aromatic rings. The van der Waals surface area contributed by atoms with Gasteiger partial charge in [-0.25, -0.2) is 4.79 Å². The first-order chi connectivity index (χ1) is 11.8. The number of carbonyl (C=O) groups is 2. The summed E-state index contributed by atoms with van der Waals surface area (Å²) in [4.78, 5) is 25.2. The van der Waals surface area contributed by atoms with E-state index in [4.69, 9.17) is 10.5 Å². The molecule has 0 saturated heterocycles. The molecule has 6 nitrogen and oxygen atoms in total. The first-order valence-electron chi connectivity index (χ1n) is 8.82. The van der Waals surface area contributed by atoms with Crippen LogP contribution in [-0.2, 0) is 22.4 Å². The highest BCUT2D eigenvalue weighted by atomic mass is 16.6. The Morgan fingerprint density at radius 1 is 1.16 bits per heavy atom. The minimum Gasteiger partial charge on any atom is -0.444 e. The van der Waals surface area contributed by atoms with Crippen LogP contribution in [-0.4, -0.2) is 36.2 Å². The second kappa shape index (κ2) is 7.87. The van der Waals surface area contributed by atoms with Crippen LogP contribution in [0.15, 0.2) is 24.3 Å². The van der Waals surface area contributed by atoms with Crippen molar-refractivity contribution in [2.75, 3.05) is 13.1 Å². The number of nitrogens with two attached hydrogens (primary N) is 1. The Balaban J connectivity index is 2.13. The maximum Gasteiger partial charge on any atom is 0.408 e. The highest BCUT2D eigenvalue weighted by Gasteiger charge is 2.45. The number of rotatable bonds is 6. The molecular weight excluding hydrogens is 318 g/mol. The number of alkyl carbamates (subject to hydrolysis) is 1. The molecule has 0 radical (unpaired) electrons. The van der Waals surface area contributed by atoms with Crippen LogP contribution in [0.1, 0.15) is 44.7 Å². The molecule has 0 bridgehead atoms. The number of nitrogens with one attached hydrogen (secondary N) is 2. The van der Waals surface area contributed by atoms with E-state index in [1.54, 1.807) is 20.8 Å². The third-order valence-electron chi connectivity index (χ3n) is 4.19. The minimum absolute atomic E-state index is 0.174. The second-order valence-electron chi connectivity index (χ2n) is 7.58. The SMILES string of the molecule is CC(C)(C)OC(=O)NC1(C(=O)NCCCCN)Cc2ccccc2C1. The fourth-order valence-electron chi connectivity index (χ4n) is 3.06. The molecule has 6 heteroatoms. The van der Waals surface area contributed by atoms with Crippen LogP contribution in [0, 0.1) is 0 Å². The van der Waals surface area contributed by atoms with Crippen molar-refractivity contribution < 1.29 is 14.3 Å². The zero-order chi connectivity index (χ0) is 18.5. The lowest BCUT2D eigenvalue weighted by atomic mass is 9.94. The van der Waals surface area contributed by atoms with Crippen LogP contribution in [0.2, 0.25) is 0 Å². The first-order valence-corrected chi connectivity index (χ1v) is 8.82. The molecule has 0 saturated carbocycles. The number of amides is 2. The maximum atomic E-state index is 12.9. The van der Waals surface area contributed by atoms with E-state index < -0.39 is 17.2 Å². The molecule has 2 amide bonds. The predicted octanol–water partition coefficient (Wildman–Crippen LogP) is 1.90. The van der Waals surface area contributed by atoms with Gasteiger partial charge in [-0.05, 0) is 51.3 Å². The molecule has 2 rings (SSSR count). The Morgan fingerprint density at radius 2 is 1.76 bits per heavy atom. The third-order valence-corrected chi connectivity index (χ3v) is 4.19. The first kappa shape index (κ1) is 19.2. The molecule has 0 heterocycles. The van der Waals surface area contributed by atoms with Gasteiger partial charge in [-0.15, -0.1) is 0 Å². The number of fused-ring (bicyclic) bond motifs is 1. The Bertz CT molecular complexity index is 598. The summed E-state index contributed by atoms with van der Waals surface area (Å²) in [6, 6.07) is 7.88. The van der Waals surface area contributed by atoms with E-state index in [0.29, 0.717) is 25.9 Å². The molecule has 0 fully saturated rings. The van der Waals surface area contributed by atoms with Crippen molar-refractivity contribution >= 4 is 12.0 Å². The zero-order valence-corrected chi connectivity index (χ0v) is 15.4. The summed E-state index contributed by atoms with van der Waals surface area (Å²) < 4.78 is 5.37. The number of hydrogen-bond donors (Lipinski definition) is 3. The molecule has 0 atom stereocenters. The van der Waals surface area contributed by atoms with Crippen LogP contribution >= 0.6 is 0 Å². The summed E-state index contributed by atoms with van der Waals surface area (Å²) in [5.74, 6) is -0.174. The molecular formula is C19H29N3O3. The standard InChI is InChI=1S/C19H29N3O3/c1-18(2,3)25-17(24)22-19(16(23)21-11-7-6-10-20)12-14-8-4-5-9-15(14)13-19/h4-5,8-9H,6-7,10-13,20H2,1-3H3,(H,21,23)(H,22,24). The Kier molecular flexibility index (Phi) is 6.06. The summed E-state index contributed by atoms with van der Waals surface area (Å²) in [7, 11) is 0. The van der Waals surface area contributed by atoms with Gasteiger partial charge in [-0.1, -0.05) is 24.3 Å². The van der Waals surface area contributed by atoms with Gasteiger partial charge in [0.25, 0.3) is 0 Å². The van der Waals surface area contributed by atoms with Crippen molar-refractivity contribution in [1.29, 1.82) is 0 Å². The van der Waals surface area contributed by atoms with Crippen molar-refractivity contribution in [3.05, 3.63) is 35.4 Å². The highest BCUT2D eigenvalue weighted by Crippen LogP contribution is 2.30. The van der Waals surface area contributed by atoms with Gasteiger partial charge in [0.05, 0.1) is 0 Å². The number of unbranched alkanes of at least 4 members (excludes halogenated alkanes) is 1. The van der Waals surface area contributed by atoms with E-state index in [1.807, 2.05) is 24.3 Å². The number of benzene rings is 1. The summed E-state index contributed by atoms with van der Waals surface area (Å²) in [5.41, 5.74) is 6.03. The van der Waals surface area contributed by atoms with Crippen LogP contribution in [0.25, 0.3) is 0 Å². The van der Waals surface area contributed by atoms with Crippen LogP contribution < -0.4 is 16.4 Å². The van der Waals surface area contributed by atoms with Crippen LogP contribution in [0.3, 0.4) is 0 Å². The molecule has 1 aliphatic rings. The average molecular weight is 347 g/mol. The number of ether oxygens (including phenoxy) is 1. The van der Waals surface area contributed by atoms with Gasteiger partial charge in [0.15, 0.2) is 0 Å². The second-order valence-corrected chi connectivity index (χ2v) is 7.58. The quantitative estimate of drug-likeness (QED) is 0.685. The van der Waals surface area contributed by atoms with Gasteiger partial charge in [0.2, 0.25) is 5.91 Å². The van der Waals surface area contributed by atoms with Crippen LogP contribution in [0.5, 0.6) is 0 Å². The fourth-order valence-corrected chi connectivity index (χ4v) is 3.06. The molecule has 138 valence electrons. The Labute approximate surface area is 149 Å². The van der Waals surface area contributed by atoms with Crippen molar-refractivity contribution in [2.45, 2.75) is 57.6 Å². The lowest BCUT2D eigenvalue weighted by molar-refractivity contribution is -0.127. The van der Waals surface area contributed by atoms with Gasteiger partial charge >= 0.3 is 6.09 Å². The number of hydrogen-bond acceptors (Lipinski definition) is 4. The van der Waals surface area contributed by atoms with E-state index in [0.717, 1.165) is 24.0 Å². The molecule has 4 N–H and O–H groups in total. The Hall–Kier alpha value is -2.08. The lowest BCUT2D eigenvalue weighted by Crippen LogP contribution is -2.60. The van der Waals surface area contributed by atoms with Gasteiger partial charge in [-0.2, -0.15) is 0 Å². The molecule has 0 aromatic heterocycles. The normalized spacial score (nSPS) is 15.4. The molecule has 0 aliphatic heterocycles. The van der Waals surface area contributed by atoms with E-state index in [2.05, 4.69) is 10.6 Å². The van der Waals surface area contributed by atoms with Crippen molar-refractivity contribution in [3.8, 4) is 0 Å². The topological polar surface area (TPSA) is 93.4 Å². The van der Waals surface area contributed by atoms with Crippen molar-refractivity contribution in [1.82, 2.24) is 10.6 Å². The molecule has 1 aliphatic carbocycles. The number of carbonyl (C=O) groups excluding carboxylic acids is 2. The van der Waals surface area contributed by atoms with Gasteiger partial charge in [-0.3, -0.25) is 4.79 Å². The third kappa shape index (κ3) is 5.19. The summed E-state index contributed by atoms with van der Waals surface area (Å²) in [5, 5.41) is 5.78. The van der Waals surface area contributed by atoms with E-state index >= 15 is 0 Å². The highest BCUT2D eigenvalue weighted by molar-refractivity contribution is 5.91. The van der Waals surface area contributed by atoms with Crippen molar-refractivity contribution in [2.24, 2.45) is 5.73 Å². The summed E-state index contributed by atoms with van der Waals surface area (Å²) in [6.45, 7) is 6.55.